The molecule has 0 amide bonds. The first-order valence-electron chi connectivity index (χ1n) is 3.35. The Balaban J connectivity index is 3.32. The first kappa shape index (κ1) is 10.5. The summed E-state index contributed by atoms with van der Waals surface area (Å²) in [4.78, 5) is 0. The van der Waals surface area contributed by atoms with E-state index in [2.05, 4.69) is 15.9 Å². The molecule has 0 saturated carbocycles. The molecule has 1 aromatic rings. The zero-order valence-corrected chi connectivity index (χ0v) is 8.13. The van der Waals surface area contributed by atoms with Gasteiger partial charge < -0.3 is 0 Å². The second-order valence-electron chi connectivity index (χ2n) is 2.58. The number of hydrogen-bond donors (Lipinski definition) is 0. The zero-order valence-electron chi connectivity index (χ0n) is 6.54. The van der Waals surface area contributed by atoms with E-state index >= 15 is 0 Å². The molecule has 13 heavy (non-hydrogen) atoms. The molecular formula is C8H5BrF4. The van der Waals surface area contributed by atoms with E-state index < -0.39 is 17.6 Å². The van der Waals surface area contributed by atoms with Crippen LogP contribution < -0.4 is 0 Å². The molecule has 0 nitrogen and oxygen atoms in total. The van der Waals surface area contributed by atoms with Crippen molar-refractivity contribution in [2.75, 3.05) is 0 Å². The second kappa shape index (κ2) is 3.29. The van der Waals surface area contributed by atoms with Crippen molar-refractivity contribution in [1.82, 2.24) is 0 Å². The summed E-state index contributed by atoms with van der Waals surface area (Å²) in [7, 11) is 0. The lowest BCUT2D eigenvalue weighted by Crippen LogP contribution is -2.08. The maximum Gasteiger partial charge on any atom is 0.416 e. The minimum Gasteiger partial charge on any atom is -0.206 e. The fraction of sp³-hybridized carbons (Fsp3) is 0.250. The lowest BCUT2D eigenvalue weighted by atomic mass is 10.1. The van der Waals surface area contributed by atoms with E-state index in [0.29, 0.717) is 6.07 Å². The topological polar surface area (TPSA) is 0 Å². The zero-order chi connectivity index (χ0) is 10.2. The van der Waals surface area contributed by atoms with E-state index in [1.807, 2.05) is 0 Å². The van der Waals surface area contributed by atoms with Crippen LogP contribution in [0.2, 0.25) is 0 Å². The highest BCUT2D eigenvalue weighted by molar-refractivity contribution is 9.10. The molecule has 72 valence electrons. The standard InChI is InChI=1S/C8H5BrF4/c1-4-2-6(9)7(10)3-5(4)8(11,12)13/h2-3H,1H3. The summed E-state index contributed by atoms with van der Waals surface area (Å²) < 4.78 is 49.3. The molecule has 0 saturated heterocycles. The molecule has 5 heteroatoms. The van der Waals surface area contributed by atoms with Gasteiger partial charge in [0.2, 0.25) is 0 Å². The van der Waals surface area contributed by atoms with Crippen LogP contribution in [-0.4, -0.2) is 0 Å². The summed E-state index contributed by atoms with van der Waals surface area (Å²) in [6.45, 7) is 1.28. The van der Waals surface area contributed by atoms with Gasteiger partial charge in [-0.1, -0.05) is 0 Å². The van der Waals surface area contributed by atoms with E-state index in [-0.39, 0.29) is 10.0 Å². The van der Waals surface area contributed by atoms with Gasteiger partial charge in [-0.2, -0.15) is 13.2 Å². The Morgan fingerprint density at radius 3 is 2.23 bits per heavy atom. The molecule has 1 rings (SSSR count). The van der Waals surface area contributed by atoms with Crippen molar-refractivity contribution in [3.63, 3.8) is 0 Å². The van der Waals surface area contributed by atoms with Crippen LogP contribution in [0.25, 0.3) is 0 Å². The fourth-order valence-electron chi connectivity index (χ4n) is 0.952. The third kappa shape index (κ3) is 2.21. The number of aryl methyl sites for hydroxylation is 1. The molecule has 0 radical (unpaired) electrons. The Hall–Kier alpha value is -0.580. The van der Waals surface area contributed by atoms with Crippen molar-refractivity contribution >= 4 is 15.9 Å². The maximum absolute atomic E-state index is 12.7. The SMILES string of the molecule is Cc1cc(Br)c(F)cc1C(F)(F)F. The molecule has 0 unspecified atom stereocenters. The van der Waals surface area contributed by atoms with Crippen LogP contribution in [-0.2, 0) is 6.18 Å². The lowest BCUT2D eigenvalue weighted by Gasteiger charge is -2.10. The number of hydrogen-bond acceptors (Lipinski definition) is 0. The van der Waals surface area contributed by atoms with Crippen LogP contribution >= 0.6 is 15.9 Å². The Morgan fingerprint density at radius 2 is 1.77 bits per heavy atom. The van der Waals surface area contributed by atoms with E-state index in [1.54, 1.807) is 0 Å². The van der Waals surface area contributed by atoms with Gasteiger partial charge in [0.05, 0.1) is 10.0 Å². The van der Waals surface area contributed by atoms with Gasteiger partial charge in [-0.3, -0.25) is 0 Å². The predicted octanol–water partition coefficient (Wildman–Crippen LogP) is 3.92. The molecule has 1 aromatic carbocycles. The summed E-state index contributed by atoms with van der Waals surface area (Å²) in [5.41, 5.74) is -0.936. The van der Waals surface area contributed by atoms with Gasteiger partial charge in [0.15, 0.2) is 0 Å². The first-order valence-corrected chi connectivity index (χ1v) is 4.14. The van der Waals surface area contributed by atoms with Crippen LogP contribution in [0.1, 0.15) is 11.1 Å². The van der Waals surface area contributed by atoms with E-state index in [0.717, 1.165) is 6.07 Å². The van der Waals surface area contributed by atoms with Crippen LogP contribution in [0.5, 0.6) is 0 Å². The van der Waals surface area contributed by atoms with Gasteiger partial charge in [0, 0.05) is 0 Å². The van der Waals surface area contributed by atoms with E-state index in [1.165, 1.54) is 6.92 Å². The molecule has 0 aromatic heterocycles. The summed E-state index contributed by atoms with van der Waals surface area (Å²) in [5, 5.41) is 0. The minimum absolute atomic E-state index is 0.000718. The first-order chi connectivity index (χ1) is 5.82. The van der Waals surface area contributed by atoms with E-state index in [4.69, 9.17) is 0 Å². The molecular weight excluding hydrogens is 252 g/mol. The highest BCUT2D eigenvalue weighted by Gasteiger charge is 2.33. The number of halogens is 5. The minimum atomic E-state index is -4.49. The van der Waals surface area contributed by atoms with Gasteiger partial charge in [-0.15, -0.1) is 0 Å². The summed E-state index contributed by atoms with van der Waals surface area (Å²) >= 11 is 2.80. The smallest absolute Gasteiger partial charge is 0.206 e. The summed E-state index contributed by atoms with van der Waals surface area (Å²) in [6.07, 6.45) is -4.49. The van der Waals surface area contributed by atoms with Gasteiger partial charge in [0.25, 0.3) is 0 Å². The van der Waals surface area contributed by atoms with Crippen LogP contribution in [0.15, 0.2) is 16.6 Å². The van der Waals surface area contributed by atoms with Crippen molar-refractivity contribution in [2.45, 2.75) is 13.1 Å². The molecule has 0 atom stereocenters. The molecule has 0 heterocycles. The van der Waals surface area contributed by atoms with Crippen molar-refractivity contribution in [3.05, 3.63) is 33.5 Å². The molecule has 0 fully saturated rings. The maximum atomic E-state index is 12.7. The molecule has 0 N–H and O–H groups in total. The molecule has 0 aliphatic carbocycles. The van der Waals surface area contributed by atoms with Gasteiger partial charge in [-0.05, 0) is 40.5 Å². The fourth-order valence-corrected chi connectivity index (χ4v) is 1.41. The number of rotatable bonds is 0. The molecule has 0 aliphatic heterocycles. The Bertz CT molecular complexity index is 330. The van der Waals surface area contributed by atoms with Crippen LogP contribution in [0.4, 0.5) is 17.6 Å². The third-order valence-corrected chi connectivity index (χ3v) is 2.18. The van der Waals surface area contributed by atoms with E-state index in [9.17, 15) is 17.6 Å². The Kier molecular flexibility index (Phi) is 2.66. The van der Waals surface area contributed by atoms with Crippen molar-refractivity contribution in [2.24, 2.45) is 0 Å². The van der Waals surface area contributed by atoms with Crippen molar-refractivity contribution in [1.29, 1.82) is 0 Å². The second-order valence-corrected chi connectivity index (χ2v) is 3.43. The lowest BCUT2D eigenvalue weighted by molar-refractivity contribution is -0.138. The highest BCUT2D eigenvalue weighted by atomic mass is 79.9. The summed E-state index contributed by atoms with van der Waals surface area (Å²) in [6, 6.07) is 1.59. The average Bonchev–Trinajstić information content (AvgIpc) is 1.94. The average molecular weight is 257 g/mol. The van der Waals surface area contributed by atoms with Crippen molar-refractivity contribution in [3.8, 4) is 0 Å². The van der Waals surface area contributed by atoms with Crippen molar-refractivity contribution < 1.29 is 17.6 Å². The highest BCUT2D eigenvalue weighted by Crippen LogP contribution is 2.34. The van der Waals surface area contributed by atoms with Gasteiger partial charge >= 0.3 is 6.18 Å². The van der Waals surface area contributed by atoms with Gasteiger partial charge in [-0.25, -0.2) is 4.39 Å². The van der Waals surface area contributed by atoms with Gasteiger partial charge in [0.1, 0.15) is 5.82 Å². The van der Waals surface area contributed by atoms with Crippen LogP contribution in [0, 0.1) is 12.7 Å². The Morgan fingerprint density at radius 1 is 1.23 bits per heavy atom. The largest absolute Gasteiger partial charge is 0.416 e. The predicted molar refractivity (Wildman–Crippen MR) is 43.8 cm³/mol. The number of alkyl halides is 3. The number of benzene rings is 1. The normalized spacial score (nSPS) is 11.8. The monoisotopic (exact) mass is 256 g/mol. The molecule has 0 aliphatic rings. The third-order valence-electron chi connectivity index (χ3n) is 1.57. The quantitative estimate of drug-likeness (QED) is 0.618. The molecule has 0 spiro atoms. The molecule has 0 bridgehead atoms. The summed E-state index contributed by atoms with van der Waals surface area (Å²) in [5.74, 6) is -0.905. The Labute approximate surface area is 80.7 Å². The van der Waals surface area contributed by atoms with Crippen LogP contribution in [0.3, 0.4) is 0 Å².